The highest BCUT2D eigenvalue weighted by atomic mass is 16.5. The summed E-state index contributed by atoms with van der Waals surface area (Å²) in [5, 5.41) is 0. The van der Waals surface area contributed by atoms with Gasteiger partial charge in [-0.15, -0.1) is 0 Å². The lowest BCUT2D eigenvalue weighted by Gasteiger charge is -2.35. The summed E-state index contributed by atoms with van der Waals surface area (Å²) in [7, 11) is 0. The van der Waals surface area contributed by atoms with Crippen LogP contribution in [0.25, 0.3) is 79.5 Å². The van der Waals surface area contributed by atoms with Gasteiger partial charge in [0.25, 0.3) is 0 Å². The Morgan fingerprint density at radius 1 is 0.328 bits per heavy atom. The van der Waals surface area contributed by atoms with Gasteiger partial charge in [-0.25, -0.2) is 29.9 Å². The molecular weight excluding hydrogens is 713 g/mol. The first-order valence-electron chi connectivity index (χ1n) is 19.3. The summed E-state index contributed by atoms with van der Waals surface area (Å²) < 4.78 is 6.64. The van der Waals surface area contributed by atoms with Gasteiger partial charge < -0.3 is 4.74 Å². The molecule has 2 aromatic heterocycles. The number of fused-ring (bicyclic) bond motifs is 2. The molecule has 0 saturated carbocycles. The Morgan fingerprint density at radius 2 is 0.724 bits per heavy atom. The molecule has 1 aliphatic rings. The summed E-state index contributed by atoms with van der Waals surface area (Å²) >= 11 is 0. The minimum Gasteiger partial charge on any atom is -0.456 e. The van der Waals surface area contributed by atoms with Gasteiger partial charge >= 0.3 is 0 Å². The van der Waals surface area contributed by atoms with Gasteiger partial charge in [0.05, 0.1) is 5.56 Å². The number of nitrogens with zero attached hydrogens (tertiary/aromatic N) is 6. The molecule has 0 spiro atoms. The molecule has 0 bridgehead atoms. The minimum atomic E-state index is -0.274. The van der Waals surface area contributed by atoms with E-state index < -0.39 is 0 Å². The second-order valence-electron chi connectivity index (χ2n) is 14.8. The normalized spacial score (nSPS) is 12.6. The van der Waals surface area contributed by atoms with E-state index in [1.807, 2.05) is 121 Å². The maximum Gasteiger partial charge on any atom is 0.167 e. The van der Waals surface area contributed by atoms with E-state index in [0.29, 0.717) is 34.9 Å². The van der Waals surface area contributed by atoms with E-state index in [-0.39, 0.29) is 5.41 Å². The maximum atomic E-state index is 6.64. The van der Waals surface area contributed by atoms with E-state index >= 15 is 0 Å². The molecule has 276 valence electrons. The average molecular weight is 749 g/mol. The second-order valence-corrected chi connectivity index (χ2v) is 14.8. The zero-order chi connectivity index (χ0) is 39.1. The predicted octanol–water partition coefficient (Wildman–Crippen LogP) is 12.2. The van der Waals surface area contributed by atoms with Crippen LogP contribution in [0.2, 0.25) is 0 Å². The summed E-state index contributed by atoms with van der Waals surface area (Å²) in [6, 6.07) is 61.2. The quantitative estimate of drug-likeness (QED) is 0.160. The zero-order valence-corrected chi connectivity index (χ0v) is 31.9. The Kier molecular flexibility index (Phi) is 8.68. The van der Waals surface area contributed by atoms with E-state index in [9.17, 15) is 0 Å². The van der Waals surface area contributed by atoms with Gasteiger partial charge in [-0.05, 0) is 29.3 Å². The standard InChI is InChI=1S/C51H36N6O/c1-51(2)41-25-12-13-27-43(41)58-44-40(24-15-26-42(44)51)50-56-47(36-20-10-5-11-21-36)53-48(57-50)37-30-28-33(29-31-37)38-22-14-23-39(32-38)49-54-45(34-16-6-3-7-17-34)52-46(55-49)35-18-8-4-9-19-35/h3-32H,1-2H3. The monoisotopic (exact) mass is 748 g/mol. The van der Waals surface area contributed by atoms with Crippen molar-refractivity contribution in [2.45, 2.75) is 19.3 Å². The van der Waals surface area contributed by atoms with Crippen LogP contribution in [0.5, 0.6) is 11.5 Å². The fourth-order valence-corrected chi connectivity index (χ4v) is 7.57. The summed E-state index contributed by atoms with van der Waals surface area (Å²) in [6.45, 7) is 4.47. The fourth-order valence-electron chi connectivity index (χ4n) is 7.57. The van der Waals surface area contributed by atoms with Crippen molar-refractivity contribution in [3.8, 4) is 91.0 Å². The molecule has 0 atom stereocenters. The first-order chi connectivity index (χ1) is 28.5. The van der Waals surface area contributed by atoms with Crippen molar-refractivity contribution in [2.75, 3.05) is 0 Å². The van der Waals surface area contributed by atoms with Crippen molar-refractivity contribution in [1.29, 1.82) is 0 Å². The molecule has 58 heavy (non-hydrogen) atoms. The molecule has 7 heteroatoms. The molecule has 0 amide bonds. The number of rotatable bonds is 7. The van der Waals surface area contributed by atoms with Crippen molar-refractivity contribution in [3.05, 3.63) is 193 Å². The zero-order valence-electron chi connectivity index (χ0n) is 31.9. The topological polar surface area (TPSA) is 86.6 Å². The van der Waals surface area contributed by atoms with E-state index in [1.165, 1.54) is 0 Å². The molecule has 10 rings (SSSR count). The summed E-state index contributed by atoms with van der Waals surface area (Å²) in [5.74, 6) is 5.18. The van der Waals surface area contributed by atoms with E-state index in [0.717, 1.165) is 67.1 Å². The summed E-state index contributed by atoms with van der Waals surface area (Å²) in [4.78, 5) is 29.9. The largest absolute Gasteiger partial charge is 0.456 e. The first-order valence-corrected chi connectivity index (χ1v) is 19.3. The van der Waals surface area contributed by atoms with E-state index in [1.54, 1.807) is 0 Å². The van der Waals surface area contributed by atoms with Gasteiger partial charge in [0.15, 0.2) is 34.9 Å². The minimum absolute atomic E-state index is 0.274. The Morgan fingerprint density at radius 3 is 1.29 bits per heavy atom. The second kappa shape index (κ2) is 14.5. The predicted molar refractivity (Wildman–Crippen MR) is 230 cm³/mol. The first kappa shape index (κ1) is 34.8. The van der Waals surface area contributed by atoms with E-state index in [4.69, 9.17) is 34.6 Å². The fraction of sp³-hybridized carbons (Fsp3) is 0.0588. The smallest absolute Gasteiger partial charge is 0.167 e. The van der Waals surface area contributed by atoms with Crippen LogP contribution in [0.3, 0.4) is 0 Å². The molecular formula is C51H36N6O. The SMILES string of the molecule is CC1(C)c2ccccc2Oc2c(-c3nc(-c4ccccc4)nc(-c4ccc(-c5cccc(-c6nc(-c7ccccc7)nc(-c7ccccc7)n6)c5)cc4)n3)cccc21. The number of ether oxygens (including phenoxy) is 1. The van der Waals surface area contributed by atoms with Crippen LogP contribution in [-0.2, 0) is 5.41 Å². The highest BCUT2D eigenvalue weighted by molar-refractivity contribution is 5.77. The van der Waals surface area contributed by atoms with Crippen LogP contribution in [0.4, 0.5) is 0 Å². The number of benzene rings is 7. The molecule has 0 fully saturated rings. The van der Waals surface area contributed by atoms with E-state index in [2.05, 4.69) is 74.5 Å². The molecule has 7 aromatic carbocycles. The van der Waals surface area contributed by atoms with Gasteiger partial charge in [-0.2, -0.15) is 0 Å². The number of para-hydroxylation sites is 2. The Labute approximate surface area is 336 Å². The van der Waals surface area contributed by atoms with Gasteiger partial charge in [0, 0.05) is 44.4 Å². The van der Waals surface area contributed by atoms with Crippen molar-refractivity contribution in [2.24, 2.45) is 0 Å². The number of hydrogen-bond acceptors (Lipinski definition) is 7. The van der Waals surface area contributed by atoms with Crippen molar-refractivity contribution in [1.82, 2.24) is 29.9 Å². The molecule has 1 aliphatic heterocycles. The molecule has 0 N–H and O–H groups in total. The highest BCUT2D eigenvalue weighted by Gasteiger charge is 2.36. The highest BCUT2D eigenvalue weighted by Crippen LogP contribution is 2.50. The third kappa shape index (κ3) is 6.48. The van der Waals surface area contributed by atoms with Crippen LogP contribution < -0.4 is 4.74 Å². The third-order valence-electron chi connectivity index (χ3n) is 10.7. The third-order valence-corrected chi connectivity index (χ3v) is 10.7. The van der Waals surface area contributed by atoms with Crippen molar-refractivity contribution < 1.29 is 4.74 Å². The van der Waals surface area contributed by atoms with Gasteiger partial charge in [0.2, 0.25) is 0 Å². The van der Waals surface area contributed by atoms with Gasteiger partial charge in [0.1, 0.15) is 11.5 Å². The van der Waals surface area contributed by atoms with Crippen LogP contribution in [0.15, 0.2) is 182 Å². The van der Waals surface area contributed by atoms with Crippen LogP contribution in [0.1, 0.15) is 25.0 Å². The number of aromatic nitrogens is 6. The molecule has 3 heterocycles. The van der Waals surface area contributed by atoms with Gasteiger partial charge in [-0.1, -0.05) is 178 Å². The van der Waals surface area contributed by atoms with Gasteiger partial charge in [-0.3, -0.25) is 0 Å². The summed E-state index contributed by atoms with van der Waals surface area (Å²) in [5.41, 5.74) is 9.38. The Bertz CT molecular complexity index is 2880. The Balaban J connectivity index is 1.03. The molecule has 0 unspecified atom stereocenters. The van der Waals surface area contributed by atoms with Crippen molar-refractivity contribution in [3.63, 3.8) is 0 Å². The lowest BCUT2D eigenvalue weighted by atomic mass is 9.75. The lowest BCUT2D eigenvalue weighted by molar-refractivity contribution is 0.419. The lowest BCUT2D eigenvalue weighted by Crippen LogP contribution is -2.24. The van der Waals surface area contributed by atoms with Crippen LogP contribution in [-0.4, -0.2) is 29.9 Å². The Hall–Kier alpha value is -7.64. The van der Waals surface area contributed by atoms with Crippen LogP contribution in [0, 0.1) is 0 Å². The van der Waals surface area contributed by atoms with Crippen molar-refractivity contribution >= 4 is 0 Å². The molecule has 0 saturated heterocycles. The molecule has 0 radical (unpaired) electrons. The average Bonchev–Trinajstić information content (AvgIpc) is 3.29. The molecule has 9 aromatic rings. The molecule has 7 nitrogen and oxygen atoms in total. The molecule has 0 aliphatic carbocycles. The van der Waals surface area contributed by atoms with Crippen LogP contribution >= 0.6 is 0 Å². The maximum absolute atomic E-state index is 6.64. The number of hydrogen-bond donors (Lipinski definition) is 0. The summed E-state index contributed by atoms with van der Waals surface area (Å²) in [6.07, 6.45) is 0.